The molecule has 0 aliphatic carbocycles. The van der Waals surface area contributed by atoms with Gasteiger partial charge in [-0.3, -0.25) is 9.59 Å². The summed E-state index contributed by atoms with van der Waals surface area (Å²) in [6, 6.07) is 14.8. The molecule has 2 nitrogen and oxygen atoms in total. The monoisotopic (exact) mass is 310 g/mol. The van der Waals surface area contributed by atoms with Crippen LogP contribution in [0.5, 0.6) is 0 Å². The zero-order valence-electron chi connectivity index (χ0n) is 12.7. The molecule has 2 rings (SSSR count). The Morgan fingerprint density at radius 2 is 1.55 bits per heavy atom. The Balaban J connectivity index is 2.05. The van der Waals surface area contributed by atoms with Gasteiger partial charge in [-0.15, -0.1) is 11.8 Å². The molecule has 0 aliphatic rings. The molecule has 0 atom stereocenters. The average molecular weight is 310 g/mol. The van der Waals surface area contributed by atoms with E-state index in [0.29, 0.717) is 11.1 Å². The van der Waals surface area contributed by atoms with Crippen molar-refractivity contribution in [3.63, 3.8) is 0 Å². The molecule has 0 saturated carbocycles. The molecule has 0 aliphatic heterocycles. The number of Topliss-reactive ketones (excluding diaryl/α,β-unsaturated/α-hetero) is 1. The maximum absolute atomic E-state index is 12.1. The normalized spacial score (nSPS) is 10.8. The highest BCUT2D eigenvalue weighted by molar-refractivity contribution is 7.99. The van der Waals surface area contributed by atoms with E-state index in [9.17, 15) is 9.59 Å². The van der Waals surface area contributed by atoms with Crippen LogP contribution in [0.25, 0.3) is 6.08 Å². The molecule has 3 heteroatoms. The third kappa shape index (κ3) is 4.43. The average Bonchev–Trinajstić information content (AvgIpc) is 2.54. The number of rotatable bonds is 6. The molecule has 2 aromatic rings. The summed E-state index contributed by atoms with van der Waals surface area (Å²) in [5, 5.41) is 0. The molecule has 2 aromatic carbocycles. The van der Waals surface area contributed by atoms with Gasteiger partial charge in [0.1, 0.15) is 0 Å². The first-order valence-corrected chi connectivity index (χ1v) is 8.15. The van der Waals surface area contributed by atoms with Gasteiger partial charge >= 0.3 is 0 Å². The molecule has 0 saturated heterocycles. The van der Waals surface area contributed by atoms with Gasteiger partial charge in [0.15, 0.2) is 11.6 Å². The Bertz CT molecular complexity index is 682. The first kappa shape index (κ1) is 16.2. The lowest BCUT2D eigenvalue weighted by Gasteiger charge is -2.00. The van der Waals surface area contributed by atoms with Crippen LogP contribution in [0.2, 0.25) is 0 Å². The third-order valence-corrected chi connectivity index (χ3v) is 4.09. The van der Waals surface area contributed by atoms with Crippen molar-refractivity contribution in [2.45, 2.75) is 18.7 Å². The number of thioether (sulfide) groups is 1. The largest absolute Gasteiger partial charge is 0.295 e. The van der Waals surface area contributed by atoms with Crippen LogP contribution < -0.4 is 0 Å². The van der Waals surface area contributed by atoms with Gasteiger partial charge in [-0.2, -0.15) is 0 Å². The smallest absolute Gasteiger partial charge is 0.185 e. The highest BCUT2D eigenvalue weighted by Crippen LogP contribution is 2.18. The lowest BCUT2D eigenvalue weighted by atomic mass is 10.1. The molecule has 0 amide bonds. The number of hydrogen-bond acceptors (Lipinski definition) is 3. The van der Waals surface area contributed by atoms with E-state index in [-0.39, 0.29) is 11.6 Å². The minimum Gasteiger partial charge on any atom is -0.295 e. The predicted octanol–water partition coefficient (Wildman–Crippen LogP) is 4.90. The molecule has 0 radical (unpaired) electrons. The van der Waals surface area contributed by atoms with Crippen LogP contribution in [0.1, 0.15) is 40.1 Å². The Labute approximate surface area is 135 Å². The van der Waals surface area contributed by atoms with E-state index in [1.165, 1.54) is 11.8 Å². The molecule has 112 valence electrons. The van der Waals surface area contributed by atoms with Crippen LogP contribution in [0, 0.1) is 0 Å². The Morgan fingerprint density at radius 3 is 2.09 bits per heavy atom. The fourth-order valence-electron chi connectivity index (χ4n) is 1.98. The third-order valence-electron chi connectivity index (χ3n) is 3.19. The van der Waals surface area contributed by atoms with Crippen molar-refractivity contribution in [1.82, 2.24) is 0 Å². The van der Waals surface area contributed by atoms with E-state index in [1.54, 1.807) is 36.0 Å². The van der Waals surface area contributed by atoms with Crippen LogP contribution in [-0.2, 0) is 0 Å². The van der Waals surface area contributed by atoms with Crippen molar-refractivity contribution in [2.24, 2.45) is 0 Å². The lowest BCUT2D eigenvalue weighted by molar-refractivity contribution is 0.101. The molecule has 0 unspecified atom stereocenters. The van der Waals surface area contributed by atoms with Crippen LogP contribution in [0.4, 0.5) is 0 Å². The fraction of sp³-hybridized carbons (Fsp3) is 0.158. The van der Waals surface area contributed by atoms with Gasteiger partial charge in [0.05, 0.1) is 0 Å². The summed E-state index contributed by atoms with van der Waals surface area (Å²) in [7, 11) is 0. The molecule has 22 heavy (non-hydrogen) atoms. The van der Waals surface area contributed by atoms with Gasteiger partial charge in [-0.05, 0) is 48.6 Å². The highest BCUT2D eigenvalue weighted by Gasteiger charge is 2.02. The number of carbonyl (C=O) groups excluding carboxylic acids is 2. The maximum atomic E-state index is 12.1. The van der Waals surface area contributed by atoms with Gasteiger partial charge < -0.3 is 0 Å². The van der Waals surface area contributed by atoms with Gasteiger partial charge in [-0.25, -0.2) is 0 Å². The summed E-state index contributed by atoms with van der Waals surface area (Å²) in [5.74, 6) is 1.03. The predicted molar refractivity (Wildman–Crippen MR) is 92.7 cm³/mol. The van der Waals surface area contributed by atoms with E-state index in [0.717, 1.165) is 11.3 Å². The number of allylic oxidation sites excluding steroid dienone is 1. The molecule has 0 bridgehead atoms. The molecule has 0 heterocycles. The summed E-state index contributed by atoms with van der Waals surface area (Å²) in [4.78, 5) is 24.5. The van der Waals surface area contributed by atoms with Gasteiger partial charge in [0, 0.05) is 16.0 Å². The van der Waals surface area contributed by atoms with Crippen molar-refractivity contribution in [3.8, 4) is 0 Å². The summed E-state index contributed by atoms with van der Waals surface area (Å²) < 4.78 is 0. The molecule has 0 spiro atoms. The van der Waals surface area contributed by atoms with Crippen LogP contribution in [0.3, 0.4) is 0 Å². The summed E-state index contributed by atoms with van der Waals surface area (Å²) in [6.45, 7) is 3.64. The summed E-state index contributed by atoms with van der Waals surface area (Å²) in [5.41, 5.74) is 2.25. The van der Waals surface area contributed by atoms with E-state index in [4.69, 9.17) is 0 Å². The molecule has 0 N–H and O–H groups in total. The highest BCUT2D eigenvalue weighted by atomic mass is 32.2. The van der Waals surface area contributed by atoms with Crippen molar-refractivity contribution in [2.75, 3.05) is 5.75 Å². The molecular weight excluding hydrogens is 292 g/mol. The molecule has 0 fully saturated rings. The second kappa shape index (κ2) is 7.76. The van der Waals surface area contributed by atoms with Crippen LogP contribution in [-0.4, -0.2) is 17.3 Å². The standard InChI is InChI=1S/C19H18O2S/c1-3-22-18-11-9-17(10-12-18)19(21)13-6-15-4-7-16(8-5-15)14(2)20/h4-13H,3H2,1-2H3. The van der Waals surface area contributed by atoms with E-state index < -0.39 is 0 Å². The molecule has 0 aromatic heterocycles. The Hall–Kier alpha value is -2.13. The van der Waals surface area contributed by atoms with Crippen LogP contribution >= 0.6 is 11.8 Å². The second-order valence-electron chi connectivity index (χ2n) is 4.83. The van der Waals surface area contributed by atoms with Crippen molar-refractivity contribution in [3.05, 3.63) is 71.3 Å². The number of ketones is 2. The lowest BCUT2D eigenvalue weighted by Crippen LogP contribution is -1.94. The van der Waals surface area contributed by atoms with Crippen molar-refractivity contribution in [1.29, 1.82) is 0 Å². The summed E-state index contributed by atoms with van der Waals surface area (Å²) in [6.07, 6.45) is 3.33. The van der Waals surface area contributed by atoms with Gasteiger partial charge in [0.25, 0.3) is 0 Å². The minimum atomic E-state index is -0.0244. The first-order valence-electron chi connectivity index (χ1n) is 7.16. The number of hydrogen-bond donors (Lipinski definition) is 0. The van der Waals surface area contributed by atoms with E-state index in [1.807, 2.05) is 36.4 Å². The van der Waals surface area contributed by atoms with Gasteiger partial charge in [0.2, 0.25) is 0 Å². The number of carbonyl (C=O) groups is 2. The molecular formula is C19H18O2S. The van der Waals surface area contributed by atoms with Crippen molar-refractivity contribution < 1.29 is 9.59 Å². The first-order chi connectivity index (χ1) is 10.6. The minimum absolute atomic E-state index is 0.0244. The second-order valence-corrected chi connectivity index (χ2v) is 6.17. The SMILES string of the molecule is CCSc1ccc(C(=O)C=Cc2ccc(C(C)=O)cc2)cc1. The zero-order chi connectivity index (χ0) is 15.9. The van der Waals surface area contributed by atoms with Crippen LogP contribution in [0.15, 0.2) is 59.5 Å². The summed E-state index contributed by atoms with van der Waals surface area (Å²) >= 11 is 1.75. The Morgan fingerprint density at radius 1 is 0.955 bits per heavy atom. The van der Waals surface area contributed by atoms with E-state index in [2.05, 4.69) is 6.92 Å². The number of benzene rings is 2. The fourth-order valence-corrected chi connectivity index (χ4v) is 2.64. The van der Waals surface area contributed by atoms with Crippen molar-refractivity contribution >= 4 is 29.4 Å². The maximum Gasteiger partial charge on any atom is 0.185 e. The van der Waals surface area contributed by atoms with E-state index >= 15 is 0 Å². The topological polar surface area (TPSA) is 34.1 Å². The Kier molecular flexibility index (Phi) is 5.73. The zero-order valence-corrected chi connectivity index (χ0v) is 13.5. The quantitative estimate of drug-likeness (QED) is 0.432. The van der Waals surface area contributed by atoms with Gasteiger partial charge in [-0.1, -0.05) is 37.3 Å².